The summed E-state index contributed by atoms with van der Waals surface area (Å²) < 4.78 is 11.5. The number of hydrogen-bond acceptors (Lipinski definition) is 4. The van der Waals surface area contributed by atoms with Crippen molar-refractivity contribution in [3.8, 4) is 0 Å². The van der Waals surface area contributed by atoms with Crippen LogP contribution in [0.4, 0.5) is 0 Å². The summed E-state index contributed by atoms with van der Waals surface area (Å²) >= 11 is 0. The molecule has 0 N–H and O–H groups in total. The molecule has 4 nitrogen and oxygen atoms in total. The number of hydrogen-bond donors (Lipinski definition) is 0. The number of carbonyl (C=O) groups excluding carboxylic acids is 2. The van der Waals surface area contributed by atoms with E-state index in [2.05, 4.69) is 6.92 Å². The summed E-state index contributed by atoms with van der Waals surface area (Å²) in [5.74, 6) is 2.30. The van der Waals surface area contributed by atoms with Crippen LogP contribution in [0.15, 0.2) is 12.2 Å². The van der Waals surface area contributed by atoms with Gasteiger partial charge >= 0.3 is 11.9 Å². The lowest BCUT2D eigenvalue weighted by molar-refractivity contribution is -0.157. The van der Waals surface area contributed by atoms with Crippen LogP contribution >= 0.6 is 0 Å². The predicted octanol–water partition coefficient (Wildman–Crippen LogP) is 7.15. The molecule has 0 heterocycles. The summed E-state index contributed by atoms with van der Waals surface area (Å²) in [6, 6.07) is 0. The van der Waals surface area contributed by atoms with E-state index in [4.69, 9.17) is 9.47 Å². The first-order chi connectivity index (χ1) is 15.6. The first kappa shape index (κ1) is 25.3. The molecular weight excluding hydrogens is 400 g/mol. The Bertz CT molecular complexity index is 589. The van der Waals surface area contributed by atoms with Gasteiger partial charge in [-0.25, -0.2) is 4.79 Å². The molecule has 3 aliphatic carbocycles. The SMILES string of the molecule is C/C=C/C(=O)OC1CCC(C2CCC(C(=O)OC3CCC(CCCCC)CC3)CC2)CC1. The van der Waals surface area contributed by atoms with Crippen molar-refractivity contribution in [1.29, 1.82) is 0 Å². The molecule has 32 heavy (non-hydrogen) atoms. The number of allylic oxidation sites excluding steroid dienone is 1. The Labute approximate surface area is 195 Å². The highest BCUT2D eigenvalue weighted by Crippen LogP contribution is 2.41. The molecule has 182 valence electrons. The maximum Gasteiger partial charge on any atom is 0.330 e. The van der Waals surface area contributed by atoms with Crippen LogP contribution in [-0.2, 0) is 19.1 Å². The van der Waals surface area contributed by atoms with Crippen molar-refractivity contribution in [2.24, 2.45) is 23.7 Å². The third kappa shape index (κ3) is 7.92. The maximum absolute atomic E-state index is 12.8. The molecule has 0 atom stereocenters. The van der Waals surface area contributed by atoms with Crippen molar-refractivity contribution in [3.05, 3.63) is 12.2 Å². The van der Waals surface area contributed by atoms with E-state index in [1.165, 1.54) is 44.6 Å². The fourth-order valence-corrected chi connectivity index (χ4v) is 6.33. The van der Waals surface area contributed by atoms with E-state index in [0.717, 1.165) is 82.0 Å². The van der Waals surface area contributed by atoms with E-state index < -0.39 is 0 Å². The fraction of sp³-hybridized carbons (Fsp3) is 0.857. The van der Waals surface area contributed by atoms with Crippen LogP contribution in [0.1, 0.15) is 117 Å². The zero-order chi connectivity index (χ0) is 22.8. The molecule has 0 saturated heterocycles. The zero-order valence-corrected chi connectivity index (χ0v) is 20.6. The number of unbranched alkanes of at least 4 members (excludes halogenated alkanes) is 2. The average Bonchev–Trinajstić information content (AvgIpc) is 2.81. The Morgan fingerprint density at radius 1 is 0.750 bits per heavy atom. The van der Waals surface area contributed by atoms with Gasteiger partial charge in [-0.2, -0.15) is 0 Å². The molecule has 0 radical (unpaired) electrons. The molecule has 0 aromatic heterocycles. The fourth-order valence-electron chi connectivity index (χ4n) is 6.33. The van der Waals surface area contributed by atoms with Gasteiger partial charge in [-0.05, 0) is 102 Å². The third-order valence-corrected chi connectivity index (χ3v) is 8.37. The topological polar surface area (TPSA) is 52.6 Å². The average molecular weight is 447 g/mol. The zero-order valence-electron chi connectivity index (χ0n) is 20.6. The van der Waals surface area contributed by atoms with E-state index in [1.807, 2.05) is 6.92 Å². The number of esters is 2. The Morgan fingerprint density at radius 2 is 1.31 bits per heavy atom. The largest absolute Gasteiger partial charge is 0.462 e. The van der Waals surface area contributed by atoms with Crippen LogP contribution in [0.5, 0.6) is 0 Å². The Hall–Kier alpha value is -1.32. The van der Waals surface area contributed by atoms with Gasteiger partial charge in [-0.3, -0.25) is 4.79 Å². The molecule has 3 aliphatic rings. The molecule has 0 aromatic carbocycles. The molecule has 3 saturated carbocycles. The molecule has 3 rings (SSSR count). The lowest BCUT2D eigenvalue weighted by atomic mass is 9.70. The van der Waals surface area contributed by atoms with Crippen molar-refractivity contribution >= 4 is 11.9 Å². The second-order valence-electron chi connectivity index (χ2n) is 10.7. The summed E-state index contributed by atoms with van der Waals surface area (Å²) in [5.41, 5.74) is 0. The van der Waals surface area contributed by atoms with Gasteiger partial charge in [0.05, 0.1) is 5.92 Å². The highest BCUT2D eigenvalue weighted by molar-refractivity contribution is 5.81. The van der Waals surface area contributed by atoms with E-state index in [1.54, 1.807) is 6.08 Å². The highest BCUT2D eigenvalue weighted by Gasteiger charge is 2.35. The second-order valence-corrected chi connectivity index (χ2v) is 10.7. The quantitative estimate of drug-likeness (QED) is 0.214. The second kappa shape index (κ2) is 13.4. The molecule has 0 unspecified atom stereocenters. The Balaban J connectivity index is 1.30. The van der Waals surface area contributed by atoms with Crippen LogP contribution in [0.2, 0.25) is 0 Å². The van der Waals surface area contributed by atoms with E-state index >= 15 is 0 Å². The minimum absolute atomic E-state index is 0.0810. The number of ether oxygens (including phenoxy) is 2. The normalized spacial score (nSPS) is 33.7. The Kier molecular flexibility index (Phi) is 10.6. The van der Waals surface area contributed by atoms with Gasteiger partial charge in [-0.15, -0.1) is 0 Å². The van der Waals surface area contributed by atoms with E-state index in [9.17, 15) is 9.59 Å². The molecule has 4 heteroatoms. The smallest absolute Gasteiger partial charge is 0.330 e. The van der Waals surface area contributed by atoms with Crippen molar-refractivity contribution in [2.45, 2.75) is 129 Å². The molecule has 0 aromatic rings. The molecule has 0 bridgehead atoms. The highest BCUT2D eigenvalue weighted by atomic mass is 16.5. The van der Waals surface area contributed by atoms with Gasteiger partial charge in [0.25, 0.3) is 0 Å². The molecule has 0 amide bonds. The standard InChI is InChI=1S/C28H46O4/c1-3-5-6-8-21-9-17-26(18-10-21)32-28(30)24-13-11-22(12-14-24)23-15-19-25(20-16-23)31-27(29)7-4-2/h4,7,21-26H,3,5-6,8-20H2,1-2H3/b7-4+. The maximum atomic E-state index is 12.8. The Morgan fingerprint density at radius 3 is 1.91 bits per heavy atom. The lowest BCUT2D eigenvalue weighted by Gasteiger charge is -2.37. The van der Waals surface area contributed by atoms with Gasteiger partial charge < -0.3 is 9.47 Å². The first-order valence-electron chi connectivity index (χ1n) is 13.6. The van der Waals surface area contributed by atoms with Crippen LogP contribution in [0.3, 0.4) is 0 Å². The van der Waals surface area contributed by atoms with Crippen molar-refractivity contribution in [2.75, 3.05) is 0 Å². The minimum Gasteiger partial charge on any atom is -0.462 e. The van der Waals surface area contributed by atoms with Crippen LogP contribution in [-0.4, -0.2) is 24.1 Å². The monoisotopic (exact) mass is 446 g/mol. The van der Waals surface area contributed by atoms with Crippen LogP contribution in [0, 0.1) is 23.7 Å². The van der Waals surface area contributed by atoms with Gasteiger partial charge in [0.15, 0.2) is 0 Å². The predicted molar refractivity (Wildman–Crippen MR) is 128 cm³/mol. The van der Waals surface area contributed by atoms with E-state index in [-0.39, 0.29) is 30.1 Å². The summed E-state index contributed by atoms with van der Waals surface area (Å²) in [4.78, 5) is 24.4. The lowest BCUT2D eigenvalue weighted by Crippen LogP contribution is -2.33. The number of rotatable bonds is 9. The molecule has 0 aliphatic heterocycles. The molecule has 0 spiro atoms. The van der Waals surface area contributed by atoms with Crippen molar-refractivity contribution in [1.82, 2.24) is 0 Å². The third-order valence-electron chi connectivity index (χ3n) is 8.37. The van der Waals surface area contributed by atoms with Crippen LogP contribution < -0.4 is 0 Å². The van der Waals surface area contributed by atoms with Crippen molar-refractivity contribution < 1.29 is 19.1 Å². The van der Waals surface area contributed by atoms with Gasteiger partial charge in [0.2, 0.25) is 0 Å². The van der Waals surface area contributed by atoms with Gasteiger partial charge in [0, 0.05) is 6.08 Å². The molecule has 3 fully saturated rings. The van der Waals surface area contributed by atoms with Crippen LogP contribution in [0.25, 0.3) is 0 Å². The van der Waals surface area contributed by atoms with Crippen molar-refractivity contribution in [3.63, 3.8) is 0 Å². The summed E-state index contributed by atoms with van der Waals surface area (Å²) in [5, 5.41) is 0. The van der Waals surface area contributed by atoms with E-state index in [0.29, 0.717) is 0 Å². The summed E-state index contributed by atoms with van der Waals surface area (Å²) in [6.07, 6.45) is 22.0. The molecular formula is C28H46O4. The first-order valence-corrected chi connectivity index (χ1v) is 13.6. The van der Waals surface area contributed by atoms with Gasteiger partial charge in [0.1, 0.15) is 12.2 Å². The summed E-state index contributed by atoms with van der Waals surface area (Å²) in [6.45, 7) is 4.10. The van der Waals surface area contributed by atoms with Gasteiger partial charge in [-0.1, -0.05) is 38.7 Å². The number of carbonyl (C=O) groups is 2. The minimum atomic E-state index is -0.208. The summed E-state index contributed by atoms with van der Waals surface area (Å²) in [7, 11) is 0.